The summed E-state index contributed by atoms with van der Waals surface area (Å²) < 4.78 is 7.98. The number of rotatable bonds is 7. The lowest BCUT2D eigenvalue weighted by atomic mass is 10.1. The van der Waals surface area contributed by atoms with Crippen molar-refractivity contribution in [2.24, 2.45) is 0 Å². The van der Waals surface area contributed by atoms with E-state index in [4.69, 9.17) is 9.51 Å². The van der Waals surface area contributed by atoms with Crippen LogP contribution in [0.15, 0.2) is 108 Å². The molecule has 0 saturated carbocycles. The summed E-state index contributed by atoms with van der Waals surface area (Å²) in [5, 5.41) is 7.91. The maximum Gasteiger partial charge on any atom is 0.260 e. The van der Waals surface area contributed by atoms with Crippen molar-refractivity contribution in [3.8, 4) is 11.5 Å². The molecule has 34 heavy (non-hydrogen) atoms. The fourth-order valence-corrected chi connectivity index (χ4v) is 4.64. The third-order valence-electron chi connectivity index (χ3n) is 6.36. The first-order valence-electron chi connectivity index (χ1n) is 11.8. The zero-order valence-corrected chi connectivity index (χ0v) is 18.9. The summed E-state index contributed by atoms with van der Waals surface area (Å²) in [5.74, 6) is 1.35. The standard InChI is InChI=1S/C30H25N3O/c1-2-9-22(10-3-1)11-8-16-29-31-30(34-32-29)27-21-33(28-15-7-6-14-26(27)28)20-23-17-18-24-12-4-5-13-25(24)19-23/h1-7,9-10,12-15,17-19,21H,8,11,16,20H2. The molecule has 0 saturated heterocycles. The molecule has 0 aliphatic heterocycles. The summed E-state index contributed by atoms with van der Waals surface area (Å²) in [6.45, 7) is 0.781. The third-order valence-corrected chi connectivity index (χ3v) is 6.36. The fourth-order valence-electron chi connectivity index (χ4n) is 4.64. The first kappa shape index (κ1) is 20.4. The predicted molar refractivity (Wildman–Crippen MR) is 137 cm³/mol. The minimum absolute atomic E-state index is 0.586. The number of benzene rings is 4. The van der Waals surface area contributed by atoms with Gasteiger partial charge in [0.05, 0.1) is 5.56 Å². The van der Waals surface area contributed by atoms with Crippen LogP contribution in [-0.2, 0) is 19.4 Å². The van der Waals surface area contributed by atoms with Gasteiger partial charge in [0.1, 0.15) is 0 Å². The van der Waals surface area contributed by atoms with Gasteiger partial charge >= 0.3 is 0 Å². The quantitative estimate of drug-likeness (QED) is 0.265. The highest BCUT2D eigenvalue weighted by Crippen LogP contribution is 2.30. The molecule has 4 aromatic carbocycles. The van der Waals surface area contributed by atoms with Crippen molar-refractivity contribution in [1.82, 2.24) is 14.7 Å². The summed E-state index contributed by atoms with van der Waals surface area (Å²) in [7, 11) is 0. The molecule has 2 aromatic heterocycles. The van der Waals surface area contributed by atoms with Crippen LogP contribution < -0.4 is 0 Å². The van der Waals surface area contributed by atoms with Crippen LogP contribution in [0.25, 0.3) is 33.1 Å². The molecule has 4 nitrogen and oxygen atoms in total. The molecular weight excluding hydrogens is 418 g/mol. The predicted octanol–water partition coefficient (Wildman–Crippen LogP) is 7.07. The molecule has 0 fully saturated rings. The van der Waals surface area contributed by atoms with Crippen molar-refractivity contribution in [2.45, 2.75) is 25.8 Å². The van der Waals surface area contributed by atoms with Crippen LogP contribution in [0, 0.1) is 0 Å². The number of nitrogens with zero attached hydrogens (tertiary/aromatic N) is 3. The fraction of sp³-hybridized carbons (Fsp3) is 0.133. The van der Waals surface area contributed by atoms with Gasteiger partial charge in [-0.2, -0.15) is 4.98 Å². The Morgan fingerprint density at radius 2 is 1.50 bits per heavy atom. The summed E-state index contributed by atoms with van der Waals surface area (Å²) in [6, 6.07) is 34.1. The van der Waals surface area contributed by atoms with Crippen LogP contribution >= 0.6 is 0 Å². The lowest BCUT2D eigenvalue weighted by Gasteiger charge is -2.07. The van der Waals surface area contributed by atoms with Gasteiger partial charge in [-0.05, 0) is 46.9 Å². The van der Waals surface area contributed by atoms with Crippen LogP contribution in [0.3, 0.4) is 0 Å². The van der Waals surface area contributed by atoms with Crippen molar-refractivity contribution in [1.29, 1.82) is 0 Å². The monoisotopic (exact) mass is 443 g/mol. The Hall–Kier alpha value is -4.18. The Morgan fingerprint density at radius 3 is 2.41 bits per heavy atom. The molecule has 2 heterocycles. The van der Waals surface area contributed by atoms with E-state index in [0.717, 1.165) is 48.1 Å². The minimum atomic E-state index is 0.586. The normalized spacial score (nSPS) is 11.4. The van der Waals surface area contributed by atoms with E-state index in [1.54, 1.807) is 0 Å². The van der Waals surface area contributed by atoms with Crippen molar-refractivity contribution < 1.29 is 4.52 Å². The van der Waals surface area contributed by atoms with Crippen molar-refractivity contribution in [2.75, 3.05) is 0 Å². The van der Waals surface area contributed by atoms with Crippen LogP contribution in [0.4, 0.5) is 0 Å². The second-order valence-corrected chi connectivity index (χ2v) is 8.72. The van der Waals surface area contributed by atoms with Crippen LogP contribution in [0.5, 0.6) is 0 Å². The number of aryl methyl sites for hydroxylation is 2. The van der Waals surface area contributed by atoms with E-state index < -0.39 is 0 Å². The molecule has 0 unspecified atom stereocenters. The molecule has 0 aliphatic rings. The number of para-hydroxylation sites is 1. The van der Waals surface area contributed by atoms with Gasteiger partial charge in [0.2, 0.25) is 0 Å². The zero-order valence-electron chi connectivity index (χ0n) is 18.9. The van der Waals surface area contributed by atoms with E-state index in [0.29, 0.717) is 5.89 Å². The lowest BCUT2D eigenvalue weighted by molar-refractivity contribution is 0.422. The van der Waals surface area contributed by atoms with Gasteiger partial charge in [-0.25, -0.2) is 0 Å². The molecule has 0 radical (unpaired) electrons. The van der Waals surface area contributed by atoms with Gasteiger partial charge in [-0.15, -0.1) is 0 Å². The largest absolute Gasteiger partial charge is 0.342 e. The second kappa shape index (κ2) is 8.99. The zero-order chi connectivity index (χ0) is 22.7. The summed E-state index contributed by atoms with van der Waals surface area (Å²) >= 11 is 0. The Kier molecular flexibility index (Phi) is 5.40. The molecule has 166 valence electrons. The molecule has 4 heteroatoms. The highest BCUT2D eigenvalue weighted by molar-refractivity contribution is 5.94. The molecule has 0 N–H and O–H groups in total. The van der Waals surface area contributed by atoms with Gasteiger partial charge in [0.25, 0.3) is 5.89 Å². The Morgan fingerprint density at radius 1 is 0.706 bits per heavy atom. The third kappa shape index (κ3) is 4.11. The van der Waals surface area contributed by atoms with E-state index >= 15 is 0 Å². The first-order valence-corrected chi connectivity index (χ1v) is 11.8. The van der Waals surface area contributed by atoms with Crippen molar-refractivity contribution in [3.05, 3.63) is 120 Å². The molecule has 6 rings (SSSR count). The SMILES string of the molecule is c1ccc(CCCc2noc(-c3cn(Cc4ccc5ccccc5c4)c4ccccc34)n2)cc1. The molecule has 0 amide bonds. The number of fused-ring (bicyclic) bond motifs is 2. The number of hydrogen-bond donors (Lipinski definition) is 0. The first-order chi connectivity index (χ1) is 16.8. The average molecular weight is 444 g/mol. The van der Waals surface area contributed by atoms with Gasteiger partial charge < -0.3 is 9.09 Å². The second-order valence-electron chi connectivity index (χ2n) is 8.72. The Bertz CT molecular complexity index is 1560. The molecule has 0 aliphatic carbocycles. The summed E-state index contributed by atoms with van der Waals surface area (Å²) in [5.41, 5.74) is 4.74. The lowest BCUT2D eigenvalue weighted by Crippen LogP contribution is -1.97. The van der Waals surface area contributed by atoms with E-state index in [1.807, 2.05) is 6.07 Å². The van der Waals surface area contributed by atoms with Gasteiger partial charge in [0.15, 0.2) is 5.82 Å². The van der Waals surface area contributed by atoms with E-state index in [2.05, 4.69) is 107 Å². The van der Waals surface area contributed by atoms with Gasteiger partial charge in [0, 0.05) is 30.1 Å². The maximum atomic E-state index is 5.71. The van der Waals surface area contributed by atoms with Crippen LogP contribution in [0.2, 0.25) is 0 Å². The maximum absolute atomic E-state index is 5.71. The molecule has 0 atom stereocenters. The van der Waals surface area contributed by atoms with E-state index in [1.165, 1.54) is 21.9 Å². The van der Waals surface area contributed by atoms with Crippen molar-refractivity contribution in [3.63, 3.8) is 0 Å². The highest BCUT2D eigenvalue weighted by Gasteiger charge is 2.16. The van der Waals surface area contributed by atoms with Crippen LogP contribution in [0.1, 0.15) is 23.4 Å². The van der Waals surface area contributed by atoms with Gasteiger partial charge in [-0.1, -0.05) is 90.1 Å². The summed E-state index contributed by atoms with van der Waals surface area (Å²) in [4.78, 5) is 4.73. The Balaban J connectivity index is 1.26. The van der Waals surface area contributed by atoms with Gasteiger partial charge in [-0.3, -0.25) is 0 Å². The molecule has 6 aromatic rings. The number of aromatic nitrogens is 3. The topological polar surface area (TPSA) is 43.9 Å². The number of hydrogen-bond acceptors (Lipinski definition) is 3. The van der Waals surface area contributed by atoms with E-state index in [9.17, 15) is 0 Å². The average Bonchev–Trinajstić information content (AvgIpc) is 3.50. The van der Waals surface area contributed by atoms with Crippen molar-refractivity contribution >= 4 is 21.7 Å². The Labute approximate surface area is 198 Å². The minimum Gasteiger partial charge on any atom is -0.342 e. The molecular formula is C30H25N3O. The summed E-state index contributed by atoms with van der Waals surface area (Å²) in [6.07, 6.45) is 4.94. The van der Waals surface area contributed by atoms with E-state index in [-0.39, 0.29) is 0 Å². The molecule has 0 bridgehead atoms. The highest BCUT2D eigenvalue weighted by atomic mass is 16.5. The smallest absolute Gasteiger partial charge is 0.260 e. The molecule has 0 spiro atoms. The van der Waals surface area contributed by atoms with Crippen LogP contribution in [-0.4, -0.2) is 14.7 Å².